The van der Waals surface area contributed by atoms with Crippen LogP contribution in [0.4, 0.5) is 4.39 Å². The van der Waals surface area contributed by atoms with Gasteiger partial charge in [0.1, 0.15) is 16.9 Å². The SMILES string of the molecule is Fc1cccnc1-c1ccc2c3cnccc3n(C(c3ccccc3)(c3ccccc3)c3ccccc3)c2n1. The number of pyridine rings is 3. The third-order valence-electron chi connectivity index (χ3n) is 7.33. The van der Waals surface area contributed by atoms with Gasteiger partial charge in [-0.25, -0.2) is 9.37 Å². The fraction of sp³-hybridized carbons (Fsp3) is 0.0294. The van der Waals surface area contributed by atoms with Crippen LogP contribution in [0.5, 0.6) is 0 Å². The van der Waals surface area contributed by atoms with Crippen molar-refractivity contribution in [1.29, 1.82) is 0 Å². The Morgan fingerprint density at radius 3 is 1.79 bits per heavy atom. The summed E-state index contributed by atoms with van der Waals surface area (Å²) in [5.74, 6) is -0.408. The summed E-state index contributed by atoms with van der Waals surface area (Å²) in [4.78, 5) is 13.9. The Morgan fingerprint density at radius 2 is 1.21 bits per heavy atom. The number of nitrogens with zero attached hydrogens (tertiary/aromatic N) is 4. The number of fused-ring (bicyclic) bond motifs is 3. The van der Waals surface area contributed by atoms with Gasteiger partial charge >= 0.3 is 0 Å². The Labute approximate surface area is 225 Å². The third-order valence-corrected chi connectivity index (χ3v) is 7.33. The Bertz CT molecular complexity index is 1820. The van der Waals surface area contributed by atoms with Gasteiger partial charge in [0.15, 0.2) is 5.82 Å². The highest BCUT2D eigenvalue weighted by atomic mass is 19.1. The number of aromatic nitrogens is 4. The lowest BCUT2D eigenvalue weighted by atomic mass is 9.76. The second kappa shape index (κ2) is 9.30. The van der Waals surface area contributed by atoms with Crippen LogP contribution in [0.2, 0.25) is 0 Å². The summed E-state index contributed by atoms with van der Waals surface area (Å²) in [6.07, 6.45) is 5.28. The molecule has 39 heavy (non-hydrogen) atoms. The highest BCUT2D eigenvalue weighted by molar-refractivity contribution is 6.07. The first kappa shape index (κ1) is 23.0. The molecule has 0 amide bonds. The molecule has 0 N–H and O–H groups in total. The fourth-order valence-corrected chi connectivity index (χ4v) is 5.70. The number of hydrogen-bond acceptors (Lipinski definition) is 3. The van der Waals surface area contributed by atoms with Gasteiger partial charge in [0.05, 0.1) is 11.2 Å². The lowest BCUT2D eigenvalue weighted by molar-refractivity contribution is 0.546. The van der Waals surface area contributed by atoms with Crippen molar-refractivity contribution < 1.29 is 4.39 Å². The van der Waals surface area contributed by atoms with Crippen molar-refractivity contribution >= 4 is 21.9 Å². The topological polar surface area (TPSA) is 43.6 Å². The summed E-state index contributed by atoms with van der Waals surface area (Å²) >= 11 is 0. The molecule has 7 aromatic rings. The maximum Gasteiger partial charge on any atom is 0.151 e. The molecule has 0 radical (unpaired) electrons. The average Bonchev–Trinajstić information content (AvgIpc) is 3.34. The van der Waals surface area contributed by atoms with E-state index < -0.39 is 11.4 Å². The van der Waals surface area contributed by atoms with E-state index in [0.717, 1.165) is 38.6 Å². The van der Waals surface area contributed by atoms with Crippen LogP contribution in [0, 0.1) is 5.82 Å². The van der Waals surface area contributed by atoms with E-state index in [1.807, 2.05) is 48.8 Å². The van der Waals surface area contributed by atoms with Gasteiger partial charge in [0, 0.05) is 29.4 Å². The first-order chi connectivity index (χ1) is 19.3. The van der Waals surface area contributed by atoms with Gasteiger partial charge in [-0.05, 0) is 47.0 Å². The summed E-state index contributed by atoms with van der Waals surface area (Å²) in [5, 5.41) is 1.91. The summed E-state index contributed by atoms with van der Waals surface area (Å²) in [7, 11) is 0. The van der Waals surface area contributed by atoms with Crippen LogP contribution < -0.4 is 0 Å². The summed E-state index contributed by atoms with van der Waals surface area (Å²) in [6.45, 7) is 0. The van der Waals surface area contributed by atoms with Gasteiger partial charge < -0.3 is 4.57 Å². The molecule has 0 aliphatic heterocycles. The van der Waals surface area contributed by atoms with Crippen molar-refractivity contribution in [1.82, 2.24) is 19.5 Å². The fourth-order valence-electron chi connectivity index (χ4n) is 5.70. The van der Waals surface area contributed by atoms with Crippen LogP contribution in [0.1, 0.15) is 16.7 Å². The monoisotopic (exact) mass is 506 g/mol. The molecule has 4 nitrogen and oxygen atoms in total. The molecule has 0 fully saturated rings. The van der Waals surface area contributed by atoms with E-state index in [-0.39, 0.29) is 5.69 Å². The van der Waals surface area contributed by atoms with Crippen LogP contribution >= 0.6 is 0 Å². The predicted molar refractivity (Wildman–Crippen MR) is 153 cm³/mol. The number of rotatable bonds is 5. The normalized spacial score (nSPS) is 11.7. The van der Waals surface area contributed by atoms with Gasteiger partial charge in [-0.1, -0.05) is 91.0 Å². The minimum Gasteiger partial charge on any atom is -0.307 e. The molecule has 4 aromatic heterocycles. The first-order valence-electron chi connectivity index (χ1n) is 12.8. The summed E-state index contributed by atoms with van der Waals surface area (Å²) < 4.78 is 17.2. The molecule has 0 spiro atoms. The Kier molecular flexibility index (Phi) is 5.48. The van der Waals surface area contributed by atoms with Crippen molar-refractivity contribution in [3.63, 3.8) is 0 Å². The molecule has 7 rings (SSSR count). The second-order valence-corrected chi connectivity index (χ2v) is 9.44. The molecule has 186 valence electrons. The van der Waals surface area contributed by atoms with Crippen LogP contribution in [-0.4, -0.2) is 19.5 Å². The Hall–Kier alpha value is -5.16. The van der Waals surface area contributed by atoms with Crippen molar-refractivity contribution in [3.05, 3.63) is 162 Å². The zero-order valence-corrected chi connectivity index (χ0v) is 20.9. The maximum atomic E-state index is 14.9. The zero-order valence-electron chi connectivity index (χ0n) is 20.9. The van der Waals surface area contributed by atoms with Gasteiger partial charge in [-0.2, -0.15) is 0 Å². The quantitative estimate of drug-likeness (QED) is 0.226. The van der Waals surface area contributed by atoms with Gasteiger partial charge in [-0.3, -0.25) is 9.97 Å². The number of hydrogen-bond donors (Lipinski definition) is 0. The second-order valence-electron chi connectivity index (χ2n) is 9.44. The number of benzene rings is 3. The van der Waals surface area contributed by atoms with E-state index in [2.05, 4.69) is 87.3 Å². The van der Waals surface area contributed by atoms with E-state index in [0.29, 0.717) is 5.69 Å². The summed E-state index contributed by atoms with van der Waals surface area (Å²) in [6, 6.07) is 40.2. The smallest absolute Gasteiger partial charge is 0.151 e. The molecule has 0 bridgehead atoms. The summed E-state index contributed by atoms with van der Waals surface area (Å²) in [5.41, 5.74) is 4.83. The molecule has 3 aromatic carbocycles. The van der Waals surface area contributed by atoms with E-state index in [1.165, 1.54) is 6.07 Å². The van der Waals surface area contributed by atoms with E-state index >= 15 is 0 Å². The van der Waals surface area contributed by atoms with Crippen molar-refractivity contribution in [2.75, 3.05) is 0 Å². The maximum absolute atomic E-state index is 14.9. The highest BCUT2D eigenvalue weighted by Gasteiger charge is 2.41. The highest BCUT2D eigenvalue weighted by Crippen LogP contribution is 2.45. The molecule has 4 heterocycles. The number of halogens is 1. The van der Waals surface area contributed by atoms with Crippen LogP contribution in [0.15, 0.2) is 140 Å². The third kappa shape index (κ3) is 3.55. The van der Waals surface area contributed by atoms with Gasteiger partial charge in [0.2, 0.25) is 0 Å². The van der Waals surface area contributed by atoms with E-state index in [4.69, 9.17) is 4.98 Å². The van der Waals surface area contributed by atoms with Crippen molar-refractivity contribution in [3.8, 4) is 11.4 Å². The Morgan fingerprint density at radius 1 is 0.590 bits per heavy atom. The molecule has 0 saturated heterocycles. The first-order valence-corrected chi connectivity index (χ1v) is 12.8. The van der Waals surface area contributed by atoms with E-state index in [1.54, 1.807) is 12.3 Å². The predicted octanol–water partition coefficient (Wildman–Crippen LogP) is 7.63. The molecular weight excluding hydrogens is 483 g/mol. The molecule has 0 saturated carbocycles. The molecular formula is C34H23FN4. The van der Waals surface area contributed by atoms with Crippen LogP contribution in [-0.2, 0) is 5.54 Å². The zero-order chi connectivity index (χ0) is 26.2. The Balaban J connectivity index is 1.70. The largest absolute Gasteiger partial charge is 0.307 e. The lowest BCUT2D eigenvalue weighted by Crippen LogP contribution is -2.37. The molecule has 0 unspecified atom stereocenters. The van der Waals surface area contributed by atoms with Crippen LogP contribution in [0.25, 0.3) is 33.3 Å². The molecule has 0 atom stereocenters. The molecule has 0 aliphatic rings. The van der Waals surface area contributed by atoms with Crippen molar-refractivity contribution in [2.45, 2.75) is 5.54 Å². The molecule has 5 heteroatoms. The molecule has 0 aliphatic carbocycles. The minimum absolute atomic E-state index is 0.221. The lowest BCUT2D eigenvalue weighted by Gasteiger charge is -2.38. The standard InChI is InChI=1S/C34H23FN4/c35-29-17-10-21-37-32(29)30-19-18-27-28-23-36-22-20-31(28)39(33(27)38-30)34(24-11-4-1-5-12-24,25-13-6-2-7-14-25)26-15-8-3-9-16-26/h1-23H. The van der Waals surface area contributed by atoms with Crippen molar-refractivity contribution in [2.24, 2.45) is 0 Å². The minimum atomic E-state index is -0.792. The van der Waals surface area contributed by atoms with Gasteiger partial charge in [-0.15, -0.1) is 0 Å². The average molecular weight is 507 g/mol. The van der Waals surface area contributed by atoms with E-state index in [9.17, 15) is 4.39 Å². The van der Waals surface area contributed by atoms with Crippen LogP contribution in [0.3, 0.4) is 0 Å². The van der Waals surface area contributed by atoms with Gasteiger partial charge in [0.25, 0.3) is 0 Å².